The van der Waals surface area contributed by atoms with E-state index < -0.39 is 9.84 Å². The molecule has 1 saturated heterocycles. The van der Waals surface area contributed by atoms with Gasteiger partial charge in [-0.15, -0.1) is 10.2 Å². The summed E-state index contributed by atoms with van der Waals surface area (Å²) in [5, 5.41) is 20.0. The average molecular weight is 489 g/mol. The van der Waals surface area contributed by atoms with Gasteiger partial charge in [-0.05, 0) is 67.0 Å². The minimum atomic E-state index is -3.32. The van der Waals surface area contributed by atoms with Gasteiger partial charge in [-0.3, -0.25) is 0 Å². The smallest absolute Gasteiger partial charge is 0.227 e. The second-order valence-corrected chi connectivity index (χ2v) is 10.4. The fourth-order valence-electron chi connectivity index (χ4n) is 3.90. The molecule has 0 aliphatic carbocycles. The molecule has 1 aliphatic rings. The first kappa shape index (κ1) is 22.8. The molecule has 5 rings (SSSR count). The molecule has 0 unspecified atom stereocenters. The molecule has 2 aromatic carbocycles. The van der Waals surface area contributed by atoms with Crippen LogP contribution in [0.2, 0.25) is 0 Å². The normalized spacial score (nSPS) is 14.9. The van der Waals surface area contributed by atoms with Crippen LogP contribution in [0.4, 0.5) is 11.6 Å². The quantitative estimate of drug-likeness (QED) is 0.358. The van der Waals surface area contributed by atoms with Crippen LogP contribution in [0.5, 0.6) is 0 Å². The van der Waals surface area contributed by atoms with Crippen LogP contribution in [0.1, 0.15) is 24.0 Å². The molecule has 2 aromatic heterocycles. The van der Waals surface area contributed by atoms with Gasteiger partial charge in [0.1, 0.15) is 0 Å². The maximum atomic E-state index is 12.8. The number of nitrogens with one attached hydrogen (secondary N) is 3. The predicted molar refractivity (Wildman–Crippen MR) is 133 cm³/mol. The molecule has 4 aromatic rings. The van der Waals surface area contributed by atoms with Crippen LogP contribution in [-0.2, 0) is 9.84 Å². The lowest BCUT2D eigenvalue weighted by Gasteiger charge is -2.22. The molecule has 0 radical (unpaired) electrons. The topological polar surface area (TPSA) is 138 Å². The maximum absolute atomic E-state index is 12.8. The number of rotatable bonds is 7. The van der Waals surface area contributed by atoms with Crippen molar-refractivity contribution >= 4 is 33.6 Å². The molecule has 178 valence electrons. The van der Waals surface area contributed by atoms with E-state index >= 15 is 0 Å². The van der Waals surface area contributed by atoms with Crippen molar-refractivity contribution in [3.8, 4) is 11.4 Å². The van der Waals surface area contributed by atoms with E-state index in [1.165, 1.54) is 0 Å². The third kappa shape index (κ3) is 5.42. The van der Waals surface area contributed by atoms with E-state index in [4.69, 9.17) is 0 Å². The zero-order valence-electron chi connectivity index (χ0n) is 18.8. The van der Waals surface area contributed by atoms with E-state index in [0.29, 0.717) is 29.5 Å². The van der Waals surface area contributed by atoms with Gasteiger partial charge in [-0.25, -0.2) is 18.4 Å². The third-order valence-electron chi connectivity index (χ3n) is 5.79. The predicted octanol–water partition coefficient (Wildman–Crippen LogP) is 3.10. The van der Waals surface area contributed by atoms with Crippen molar-refractivity contribution in [3.05, 3.63) is 72.1 Å². The molecular weight excluding hydrogens is 464 g/mol. The van der Waals surface area contributed by atoms with Gasteiger partial charge < -0.3 is 10.6 Å². The molecule has 1 fully saturated rings. The molecule has 0 saturated carbocycles. The summed E-state index contributed by atoms with van der Waals surface area (Å²) in [5.41, 5.74) is 3.40. The SMILES string of the molecule is O=S(=O)(c1ccc(Nc2ncc(/C=C/c3cccc(-c4nn[nH]n4)c3)cn2)cc1)C1CCNCC1. The highest BCUT2D eigenvalue weighted by Crippen LogP contribution is 2.24. The largest absolute Gasteiger partial charge is 0.324 e. The molecular formula is C24H24N8O2S. The van der Waals surface area contributed by atoms with Crippen molar-refractivity contribution < 1.29 is 8.42 Å². The summed E-state index contributed by atoms with van der Waals surface area (Å²) in [7, 11) is -3.32. The van der Waals surface area contributed by atoms with Gasteiger partial charge in [-0.1, -0.05) is 30.4 Å². The fourth-order valence-corrected chi connectivity index (χ4v) is 5.66. The molecule has 11 heteroatoms. The number of aromatic nitrogens is 6. The summed E-state index contributed by atoms with van der Waals surface area (Å²) in [4.78, 5) is 9.06. The first-order valence-electron chi connectivity index (χ1n) is 11.2. The summed E-state index contributed by atoms with van der Waals surface area (Å²) in [5.74, 6) is 0.964. The molecule has 0 bridgehead atoms. The Morgan fingerprint density at radius 1 is 0.943 bits per heavy atom. The average Bonchev–Trinajstić information content (AvgIpc) is 3.45. The van der Waals surface area contributed by atoms with E-state index in [0.717, 1.165) is 35.5 Å². The van der Waals surface area contributed by atoms with E-state index in [1.807, 2.05) is 36.4 Å². The van der Waals surface area contributed by atoms with Crippen LogP contribution >= 0.6 is 0 Å². The van der Waals surface area contributed by atoms with Crippen LogP contribution in [0.3, 0.4) is 0 Å². The Kier molecular flexibility index (Phi) is 6.59. The third-order valence-corrected chi connectivity index (χ3v) is 8.07. The van der Waals surface area contributed by atoms with Crippen LogP contribution in [0, 0.1) is 0 Å². The molecule has 0 spiro atoms. The zero-order valence-corrected chi connectivity index (χ0v) is 19.6. The minimum Gasteiger partial charge on any atom is -0.324 e. The van der Waals surface area contributed by atoms with Crippen molar-refractivity contribution in [2.24, 2.45) is 0 Å². The van der Waals surface area contributed by atoms with Gasteiger partial charge >= 0.3 is 0 Å². The number of hydrogen-bond donors (Lipinski definition) is 3. The lowest BCUT2D eigenvalue weighted by molar-refractivity contribution is 0.496. The highest BCUT2D eigenvalue weighted by Gasteiger charge is 2.28. The standard InChI is InChI=1S/C24H24N8O2S/c33-35(34,22-10-12-25-13-11-22)21-8-6-20(7-9-21)28-24-26-15-18(16-27-24)5-4-17-2-1-3-19(14-17)23-29-31-32-30-23/h1-9,14-16,22,25H,10-13H2,(H,26,27,28)(H,29,30,31,32)/b5-4+. The Morgan fingerprint density at radius 3 is 2.40 bits per heavy atom. The molecule has 0 atom stereocenters. The molecule has 35 heavy (non-hydrogen) atoms. The van der Waals surface area contributed by atoms with Crippen molar-refractivity contribution in [1.29, 1.82) is 0 Å². The van der Waals surface area contributed by atoms with E-state index in [1.54, 1.807) is 36.7 Å². The van der Waals surface area contributed by atoms with E-state index in [2.05, 4.69) is 41.2 Å². The lowest BCUT2D eigenvalue weighted by atomic mass is 10.1. The van der Waals surface area contributed by atoms with E-state index in [9.17, 15) is 8.42 Å². The van der Waals surface area contributed by atoms with Gasteiger partial charge in [-0.2, -0.15) is 5.21 Å². The first-order chi connectivity index (χ1) is 17.1. The van der Waals surface area contributed by atoms with Gasteiger partial charge in [0.25, 0.3) is 0 Å². The Labute approximate surface area is 202 Å². The van der Waals surface area contributed by atoms with E-state index in [-0.39, 0.29) is 5.25 Å². The Morgan fingerprint density at radius 2 is 1.69 bits per heavy atom. The minimum absolute atomic E-state index is 0.326. The number of benzene rings is 2. The van der Waals surface area contributed by atoms with Crippen LogP contribution in [0.15, 0.2) is 65.8 Å². The summed E-state index contributed by atoms with van der Waals surface area (Å²) >= 11 is 0. The second-order valence-electron chi connectivity index (χ2n) is 8.18. The zero-order chi connectivity index (χ0) is 24.1. The fraction of sp³-hybridized carbons (Fsp3) is 0.208. The molecule has 1 aliphatic heterocycles. The molecule has 0 amide bonds. The number of anilines is 2. The maximum Gasteiger partial charge on any atom is 0.227 e. The van der Waals surface area contributed by atoms with Crippen LogP contribution < -0.4 is 10.6 Å². The number of piperidine rings is 1. The summed E-state index contributed by atoms with van der Waals surface area (Å²) in [6.45, 7) is 1.47. The summed E-state index contributed by atoms with van der Waals surface area (Å²) in [6, 6.07) is 14.5. The second kappa shape index (κ2) is 10.1. The number of hydrogen-bond acceptors (Lipinski definition) is 9. The van der Waals surface area contributed by atoms with Crippen molar-refractivity contribution in [3.63, 3.8) is 0 Å². The van der Waals surface area contributed by atoms with Gasteiger partial charge in [0, 0.05) is 29.2 Å². The number of aromatic amines is 1. The monoisotopic (exact) mass is 488 g/mol. The van der Waals surface area contributed by atoms with Gasteiger partial charge in [0.05, 0.1) is 10.1 Å². The summed E-state index contributed by atoms with van der Waals surface area (Å²) < 4.78 is 25.7. The lowest BCUT2D eigenvalue weighted by Crippen LogP contribution is -2.35. The Balaban J connectivity index is 1.22. The van der Waals surface area contributed by atoms with Crippen molar-refractivity contribution in [1.82, 2.24) is 35.9 Å². The Bertz CT molecular complexity index is 1400. The first-order valence-corrected chi connectivity index (χ1v) is 12.8. The number of tetrazole rings is 1. The highest BCUT2D eigenvalue weighted by molar-refractivity contribution is 7.92. The van der Waals surface area contributed by atoms with Gasteiger partial charge in [0.2, 0.25) is 11.8 Å². The van der Waals surface area contributed by atoms with Crippen LogP contribution in [-0.4, -0.2) is 57.3 Å². The van der Waals surface area contributed by atoms with Crippen molar-refractivity contribution in [2.75, 3.05) is 18.4 Å². The number of nitrogens with zero attached hydrogens (tertiary/aromatic N) is 5. The number of H-pyrrole nitrogens is 1. The highest BCUT2D eigenvalue weighted by atomic mass is 32.2. The van der Waals surface area contributed by atoms with Gasteiger partial charge in [0.15, 0.2) is 9.84 Å². The molecule has 10 nitrogen and oxygen atoms in total. The molecule has 3 heterocycles. The van der Waals surface area contributed by atoms with Crippen molar-refractivity contribution in [2.45, 2.75) is 23.0 Å². The summed E-state index contributed by atoms with van der Waals surface area (Å²) in [6.07, 6.45) is 8.58. The van der Waals surface area contributed by atoms with Crippen LogP contribution in [0.25, 0.3) is 23.5 Å². The molecule has 3 N–H and O–H groups in total. The Hall–Kier alpha value is -3.96. The number of sulfone groups is 1.